The van der Waals surface area contributed by atoms with Crippen LogP contribution in [0.5, 0.6) is 5.75 Å². The minimum absolute atomic E-state index is 0.294. The second-order valence-electron chi connectivity index (χ2n) is 4.23. The van der Waals surface area contributed by atoms with Gasteiger partial charge in [-0.1, -0.05) is 6.92 Å². The Kier molecular flexibility index (Phi) is 2.77. The van der Waals surface area contributed by atoms with E-state index in [0.717, 1.165) is 27.8 Å². The van der Waals surface area contributed by atoms with E-state index in [1.807, 2.05) is 13.0 Å². The molecule has 1 aliphatic carbocycles. The van der Waals surface area contributed by atoms with Gasteiger partial charge in [-0.25, -0.2) is 0 Å². The molecule has 1 N–H and O–H groups in total. The summed E-state index contributed by atoms with van der Waals surface area (Å²) in [5.74, 6) is 1.18. The van der Waals surface area contributed by atoms with Crippen LogP contribution in [0.15, 0.2) is 10.5 Å². The van der Waals surface area contributed by atoms with Crippen LogP contribution in [0.1, 0.15) is 29.7 Å². The lowest BCUT2D eigenvalue weighted by Gasteiger charge is -2.13. The van der Waals surface area contributed by atoms with Crippen molar-refractivity contribution in [1.82, 2.24) is 0 Å². The molecule has 3 heteroatoms. The first-order chi connectivity index (χ1) is 7.06. The van der Waals surface area contributed by atoms with Crippen LogP contribution >= 0.6 is 15.9 Å². The molecular formula is C12H15BrO2. The Bertz CT molecular complexity index is 401. The van der Waals surface area contributed by atoms with Crippen molar-refractivity contribution >= 4 is 15.9 Å². The topological polar surface area (TPSA) is 29.5 Å². The summed E-state index contributed by atoms with van der Waals surface area (Å²) >= 11 is 3.56. The van der Waals surface area contributed by atoms with E-state index in [9.17, 15) is 5.11 Å². The normalized spacial score (nSPS) is 24.1. The number of hydrogen-bond acceptors (Lipinski definition) is 2. The van der Waals surface area contributed by atoms with E-state index in [1.165, 1.54) is 5.56 Å². The minimum Gasteiger partial charge on any atom is -0.495 e. The summed E-state index contributed by atoms with van der Waals surface area (Å²) in [6, 6.07) is 2.03. The lowest BCUT2D eigenvalue weighted by atomic mass is 10.0. The fraction of sp³-hybridized carbons (Fsp3) is 0.500. The van der Waals surface area contributed by atoms with Crippen molar-refractivity contribution in [2.45, 2.75) is 26.4 Å². The van der Waals surface area contributed by atoms with E-state index >= 15 is 0 Å². The van der Waals surface area contributed by atoms with Gasteiger partial charge in [0.2, 0.25) is 0 Å². The van der Waals surface area contributed by atoms with E-state index < -0.39 is 0 Å². The van der Waals surface area contributed by atoms with Gasteiger partial charge in [-0.2, -0.15) is 0 Å². The zero-order valence-corrected chi connectivity index (χ0v) is 10.8. The molecule has 0 aliphatic heterocycles. The number of ether oxygens (including phenoxy) is 1. The number of aryl methyl sites for hydroxylation is 1. The summed E-state index contributed by atoms with van der Waals surface area (Å²) in [6.07, 6.45) is 0.578. The van der Waals surface area contributed by atoms with Gasteiger partial charge in [0.05, 0.1) is 17.7 Å². The molecule has 0 saturated carbocycles. The van der Waals surface area contributed by atoms with Crippen molar-refractivity contribution in [3.05, 3.63) is 27.2 Å². The first-order valence-electron chi connectivity index (χ1n) is 5.10. The average molecular weight is 271 g/mol. The van der Waals surface area contributed by atoms with Crippen LogP contribution in [0, 0.1) is 12.8 Å². The highest BCUT2D eigenvalue weighted by atomic mass is 79.9. The summed E-state index contributed by atoms with van der Waals surface area (Å²) in [5, 5.41) is 10.0. The molecule has 0 radical (unpaired) electrons. The molecule has 82 valence electrons. The Morgan fingerprint density at radius 1 is 1.53 bits per heavy atom. The van der Waals surface area contributed by atoms with E-state index in [4.69, 9.17) is 4.74 Å². The van der Waals surface area contributed by atoms with Gasteiger partial charge >= 0.3 is 0 Å². The zero-order valence-electron chi connectivity index (χ0n) is 9.17. The third-order valence-electron chi connectivity index (χ3n) is 3.13. The van der Waals surface area contributed by atoms with Crippen molar-refractivity contribution in [2.75, 3.05) is 7.11 Å². The van der Waals surface area contributed by atoms with Gasteiger partial charge in [0.15, 0.2) is 0 Å². The van der Waals surface area contributed by atoms with Gasteiger partial charge in [0, 0.05) is 0 Å². The van der Waals surface area contributed by atoms with Gasteiger partial charge in [-0.15, -0.1) is 0 Å². The maximum atomic E-state index is 10.0. The second kappa shape index (κ2) is 3.80. The fourth-order valence-corrected chi connectivity index (χ4v) is 3.15. The number of halogens is 1. The molecule has 0 amide bonds. The monoisotopic (exact) mass is 270 g/mol. The first-order valence-corrected chi connectivity index (χ1v) is 5.89. The van der Waals surface area contributed by atoms with Gasteiger partial charge < -0.3 is 9.84 Å². The maximum Gasteiger partial charge on any atom is 0.136 e. The molecule has 0 heterocycles. The van der Waals surface area contributed by atoms with Crippen molar-refractivity contribution in [3.8, 4) is 5.75 Å². The largest absolute Gasteiger partial charge is 0.495 e. The van der Waals surface area contributed by atoms with Crippen LogP contribution in [-0.2, 0) is 6.42 Å². The van der Waals surface area contributed by atoms with Crippen molar-refractivity contribution in [2.24, 2.45) is 5.92 Å². The lowest BCUT2D eigenvalue weighted by Crippen LogP contribution is -2.01. The molecule has 2 atom stereocenters. The maximum absolute atomic E-state index is 10.0. The number of aliphatic hydroxyl groups is 1. The highest BCUT2D eigenvalue weighted by Crippen LogP contribution is 2.44. The quantitative estimate of drug-likeness (QED) is 0.850. The Labute approximate surface area is 98.4 Å². The molecular weight excluding hydrogens is 256 g/mol. The second-order valence-corrected chi connectivity index (χ2v) is 5.03. The number of benzene rings is 1. The molecule has 0 fully saturated rings. The highest BCUT2D eigenvalue weighted by Gasteiger charge is 2.31. The predicted octanol–water partition coefficient (Wildman–Crippen LogP) is 2.99. The first kappa shape index (κ1) is 11.0. The van der Waals surface area contributed by atoms with Gasteiger partial charge in [0.25, 0.3) is 0 Å². The van der Waals surface area contributed by atoms with Gasteiger partial charge in [-0.3, -0.25) is 0 Å². The number of rotatable bonds is 1. The fourth-order valence-electron chi connectivity index (χ4n) is 2.28. The van der Waals surface area contributed by atoms with E-state index in [-0.39, 0.29) is 6.10 Å². The third kappa shape index (κ3) is 1.58. The van der Waals surface area contributed by atoms with Crippen LogP contribution in [-0.4, -0.2) is 12.2 Å². The summed E-state index contributed by atoms with van der Waals surface area (Å²) in [7, 11) is 1.67. The molecule has 1 aliphatic rings. The lowest BCUT2D eigenvalue weighted by molar-refractivity contribution is 0.133. The van der Waals surface area contributed by atoms with E-state index in [1.54, 1.807) is 7.11 Å². The van der Waals surface area contributed by atoms with Crippen molar-refractivity contribution < 1.29 is 9.84 Å². The van der Waals surface area contributed by atoms with Crippen molar-refractivity contribution in [3.63, 3.8) is 0 Å². The molecule has 2 rings (SSSR count). The van der Waals surface area contributed by atoms with E-state index in [2.05, 4.69) is 22.9 Å². The standard InChI is InChI=1S/C12H15BrO2/c1-6-4-8-9(11(6)14)5-7(2)12(15-3)10(8)13/h5-6,11,14H,4H2,1-3H3. The van der Waals surface area contributed by atoms with Crippen molar-refractivity contribution in [1.29, 1.82) is 0 Å². The summed E-state index contributed by atoms with van der Waals surface area (Å²) in [4.78, 5) is 0. The van der Waals surface area contributed by atoms with Crippen LogP contribution in [0.25, 0.3) is 0 Å². The Morgan fingerprint density at radius 2 is 2.20 bits per heavy atom. The van der Waals surface area contributed by atoms with Gasteiger partial charge in [-0.05, 0) is 57.9 Å². The van der Waals surface area contributed by atoms with Crippen LogP contribution in [0.4, 0.5) is 0 Å². The summed E-state index contributed by atoms with van der Waals surface area (Å²) < 4.78 is 6.35. The molecule has 0 spiro atoms. The number of aliphatic hydroxyl groups excluding tert-OH is 1. The average Bonchev–Trinajstić information content (AvgIpc) is 2.46. The molecule has 0 aromatic heterocycles. The number of fused-ring (bicyclic) bond motifs is 1. The molecule has 15 heavy (non-hydrogen) atoms. The third-order valence-corrected chi connectivity index (χ3v) is 3.97. The SMILES string of the molecule is COc1c(C)cc2c(c1Br)CC(C)C2O. The van der Waals surface area contributed by atoms with E-state index in [0.29, 0.717) is 5.92 Å². The predicted molar refractivity (Wildman–Crippen MR) is 63.3 cm³/mol. The smallest absolute Gasteiger partial charge is 0.136 e. The molecule has 2 nitrogen and oxygen atoms in total. The Morgan fingerprint density at radius 3 is 2.80 bits per heavy atom. The molecule has 0 saturated heterocycles. The molecule has 1 aromatic carbocycles. The number of hydrogen-bond donors (Lipinski definition) is 1. The molecule has 0 bridgehead atoms. The van der Waals surface area contributed by atoms with Crippen LogP contribution < -0.4 is 4.74 Å². The Hall–Kier alpha value is -0.540. The summed E-state index contributed by atoms with van der Waals surface area (Å²) in [6.45, 7) is 4.07. The van der Waals surface area contributed by atoms with Crippen LogP contribution in [0.3, 0.4) is 0 Å². The summed E-state index contributed by atoms with van der Waals surface area (Å²) in [5.41, 5.74) is 3.31. The van der Waals surface area contributed by atoms with Crippen LogP contribution in [0.2, 0.25) is 0 Å². The minimum atomic E-state index is -0.332. The number of methoxy groups -OCH3 is 1. The molecule has 2 unspecified atom stereocenters. The highest BCUT2D eigenvalue weighted by molar-refractivity contribution is 9.10. The molecule has 1 aromatic rings. The van der Waals surface area contributed by atoms with Gasteiger partial charge in [0.1, 0.15) is 5.75 Å². The Balaban J connectivity index is 2.61. The zero-order chi connectivity index (χ0) is 11.2.